The average Bonchev–Trinajstić information content (AvgIpc) is 2.20. The summed E-state index contributed by atoms with van der Waals surface area (Å²) in [7, 11) is -0.908. The molecule has 0 bridgehead atoms. The van der Waals surface area contributed by atoms with Crippen LogP contribution in [-0.2, 0) is 10.8 Å². The fourth-order valence-corrected chi connectivity index (χ4v) is 2.67. The first-order valence-electron chi connectivity index (χ1n) is 5.93. The summed E-state index contributed by atoms with van der Waals surface area (Å²) in [5, 5.41) is 0. The zero-order valence-electron chi connectivity index (χ0n) is 11.4. The lowest BCUT2D eigenvalue weighted by Gasteiger charge is -2.22. The highest BCUT2D eigenvalue weighted by Crippen LogP contribution is 2.21. The van der Waals surface area contributed by atoms with E-state index in [0.717, 1.165) is 5.56 Å². The van der Waals surface area contributed by atoms with E-state index in [1.54, 1.807) is 0 Å². The summed E-state index contributed by atoms with van der Waals surface area (Å²) in [6, 6.07) is 6.10. The molecule has 2 N–H and O–H groups in total. The third-order valence-corrected chi connectivity index (χ3v) is 4.88. The molecule has 3 heteroatoms. The Morgan fingerprint density at radius 2 is 1.88 bits per heavy atom. The highest BCUT2D eigenvalue weighted by Gasteiger charge is 2.22. The lowest BCUT2D eigenvalue weighted by molar-refractivity contribution is 0.640. The van der Waals surface area contributed by atoms with Gasteiger partial charge in [0.15, 0.2) is 0 Å². The van der Waals surface area contributed by atoms with Crippen LogP contribution in [0.1, 0.15) is 43.5 Å². The second-order valence-corrected chi connectivity index (χ2v) is 7.84. The van der Waals surface area contributed by atoms with E-state index < -0.39 is 10.8 Å². The minimum Gasteiger partial charge on any atom is -0.323 e. The normalized spacial score (nSPS) is 15.6. The van der Waals surface area contributed by atoms with Gasteiger partial charge in [-0.1, -0.05) is 23.8 Å². The first-order chi connectivity index (χ1) is 7.71. The molecule has 0 amide bonds. The lowest BCUT2D eigenvalue weighted by atomic mass is 10.0. The van der Waals surface area contributed by atoms with Crippen LogP contribution in [-0.4, -0.2) is 14.7 Å². The summed E-state index contributed by atoms with van der Waals surface area (Å²) in [6.07, 6.45) is 0. The van der Waals surface area contributed by atoms with Crippen molar-refractivity contribution < 1.29 is 4.21 Å². The molecule has 0 aliphatic rings. The first kappa shape index (κ1) is 14.4. The van der Waals surface area contributed by atoms with E-state index in [-0.39, 0.29) is 10.8 Å². The van der Waals surface area contributed by atoms with Gasteiger partial charge in [0, 0.05) is 27.3 Å². The van der Waals surface area contributed by atoms with Gasteiger partial charge in [0.2, 0.25) is 0 Å². The van der Waals surface area contributed by atoms with E-state index in [9.17, 15) is 4.21 Å². The molecule has 2 unspecified atom stereocenters. The molecule has 0 aliphatic carbocycles. The van der Waals surface area contributed by atoms with Gasteiger partial charge in [-0.2, -0.15) is 0 Å². The first-order valence-corrected chi connectivity index (χ1v) is 7.25. The Balaban J connectivity index is 2.87. The largest absolute Gasteiger partial charge is 0.323 e. The molecule has 0 aliphatic heterocycles. The smallest absolute Gasteiger partial charge is 0.0433 e. The number of hydrogen-bond acceptors (Lipinski definition) is 2. The van der Waals surface area contributed by atoms with Crippen molar-refractivity contribution in [3.63, 3.8) is 0 Å². The van der Waals surface area contributed by atoms with Gasteiger partial charge < -0.3 is 5.73 Å². The van der Waals surface area contributed by atoms with Crippen LogP contribution < -0.4 is 5.73 Å². The van der Waals surface area contributed by atoms with Crippen LogP contribution in [0.2, 0.25) is 0 Å². The van der Waals surface area contributed by atoms with Crippen molar-refractivity contribution in [3.8, 4) is 0 Å². The molecule has 2 nitrogen and oxygen atoms in total. The lowest BCUT2D eigenvalue weighted by Crippen LogP contribution is -2.30. The van der Waals surface area contributed by atoms with Crippen LogP contribution in [0.25, 0.3) is 0 Å². The van der Waals surface area contributed by atoms with Crippen LogP contribution >= 0.6 is 0 Å². The van der Waals surface area contributed by atoms with Crippen LogP contribution in [0.5, 0.6) is 0 Å². The molecule has 17 heavy (non-hydrogen) atoms. The van der Waals surface area contributed by atoms with Crippen molar-refractivity contribution in [2.75, 3.05) is 5.75 Å². The maximum atomic E-state index is 12.1. The molecule has 1 aromatic carbocycles. The zero-order chi connectivity index (χ0) is 13.2. The highest BCUT2D eigenvalue weighted by atomic mass is 32.2. The maximum Gasteiger partial charge on any atom is 0.0433 e. The molecule has 1 aromatic rings. The number of hydrogen-bond donors (Lipinski definition) is 1. The van der Waals surface area contributed by atoms with Crippen molar-refractivity contribution in [3.05, 3.63) is 34.9 Å². The molecule has 0 heterocycles. The van der Waals surface area contributed by atoms with Gasteiger partial charge >= 0.3 is 0 Å². The minimum absolute atomic E-state index is 0.144. The third kappa shape index (κ3) is 3.93. The van der Waals surface area contributed by atoms with E-state index in [1.807, 2.05) is 20.8 Å². The van der Waals surface area contributed by atoms with Crippen molar-refractivity contribution in [1.29, 1.82) is 0 Å². The Morgan fingerprint density at radius 3 is 2.41 bits per heavy atom. The van der Waals surface area contributed by atoms with Gasteiger partial charge in [-0.05, 0) is 45.7 Å². The summed E-state index contributed by atoms with van der Waals surface area (Å²) < 4.78 is 11.9. The molecular weight excluding hydrogens is 230 g/mol. The molecule has 0 saturated heterocycles. The number of rotatable bonds is 3. The standard InChI is InChI=1S/C14H23NOS/c1-10-6-7-11(2)12(8-10)13(15)9-17(16)14(3,4)5/h6-8,13H,9,15H2,1-5H3. The molecule has 96 valence electrons. The minimum atomic E-state index is -0.908. The Hall–Kier alpha value is -0.670. The van der Waals surface area contributed by atoms with Crippen LogP contribution in [0.15, 0.2) is 18.2 Å². The van der Waals surface area contributed by atoms with Gasteiger partial charge in [0.1, 0.15) is 0 Å². The molecule has 0 fully saturated rings. The van der Waals surface area contributed by atoms with Gasteiger partial charge in [-0.15, -0.1) is 0 Å². The molecule has 0 spiro atoms. The number of benzene rings is 1. The summed E-state index contributed by atoms with van der Waals surface area (Å²) >= 11 is 0. The number of aryl methyl sites for hydroxylation is 2. The van der Waals surface area contributed by atoms with Crippen LogP contribution in [0, 0.1) is 13.8 Å². The number of nitrogens with two attached hydrogens (primary N) is 1. The monoisotopic (exact) mass is 253 g/mol. The quantitative estimate of drug-likeness (QED) is 0.900. The molecule has 2 atom stereocenters. The summed E-state index contributed by atoms with van der Waals surface area (Å²) in [5.41, 5.74) is 9.65. The van der Waals surface area contributed by atoms with E-state index >= 15 is 0 Å². The van der Waals surface area contributed by atoms with Crippen LogP contribution in [0.4, 0.5) is 0 Å². The van der Waals surface area contributed by atoms with E-state index in [4.69, 9.17) is 5.73 Å². The molecular formula is C14H23NOS. The van der Waals surface area contributed by atoms with E-state index in [1.165, 1.54) is 11.1 Å². The van der Waals surface area contributed by atoms with Gasteiger partial charge in [-0.3, -0.25) is 4.21 Å². The van der Waals surface area contributed by atoms with Crippen LogP contribution in [0.3, 0.4) is 0 Å². The fraction of sp³-hybridized carbons (Fsp3) is 0.571. The van der Waals surface area contributed by atoms with Crippen molar-refractivity contribution in [2.24, 2.45) is 5.73 Å². The van der Waals surface area contributed by atoms with Crippen molar-refractivity contribution >= 4 is 10.8 Å². The highest BCUT2D eigenvalue weighted by molar-refractivity contribution is 7.86. The second-order valence-electron chi connectivity index (χ2n) is 5.59. The van der Waals surface area contributed by atoms with Gasteiger partial charge in [0.05, 0.1) is 0 Å². The van der Waals surface area contributed by atoms with Crippen molar-refractivity contribution in [1.82, 2.24) is 0 Å². The van der Waals surface area contributed by atoms with Gasteiger partial charge in [0.25, 0.3) is 0 Å². The molecule has 1 rings (SSSR count). The predicted octanol–water partition coefficient (Wildman–Crippen LogP) is 2.85. The Kier molecular flexibility index (Phi) is 4.50. The third-order valence-electron chi connectivity index (χ3n) is 2.85. The summed E-state index contributed by atoms with van der Waals surface area (Å²) in [5.74, 6) is 0.522. The topological polar surface area (TPSA) is 43.1 Å². The Labute approximate surface area is 107 Å². The molecule has 0 radical (unpaired) electrons. The van der Waals surface area contributed by atoms with Gasteiger partial charge in [-0.25, -0.2) is 0 Å². The summed E-state index contributed by atoms with van der Waals surface area (Å²) in [6.45, 7) is 10.1. The van der Waals surface area contributed by atoms with E-state index in [2.05, 4.69) is 32.0 Å². The predicted molar refractivity (Wildman–Crippen MR) is 75.6 cm³/mol. The Bertz CT molecular complexity index is 421. The molecule has 0 aromatic heterocycles. The summed E-state index contributed by atoms with van der Waals surface area (Å²) in [4.78, 5) is 0. The Morgan fingerprint density at radius 1 is 1.29 bits per heavy atom. The van der Waals surface area contributed by atoms with Crippen molar-refractivity contribution in [2.45, 2.75) is 45.4 Å². The SMILES string of the molecule is Cc1ccc(C)c(C(N)CS(=O)C(C)(C)C)c1. The second kappa shape index (κ2) is 5.32. The maximum absolute atomic E-state index is 12.1. The van der Waals surface area contributed by atoms with E-state index in [0.29, 0.717) is 5.75 Å². The average molecular weight is 253 g/mol. The molecule has 0 saturated carbocycles. The zero-order valence-corrected chi connectivity index (χ0v) is 12.2. The fourth-order valence-electron chi connectivity index (χ4n) is 1.66.